The van der Waals surface area contributed by atoms with Gasteiger partial charge >= 0.3 is 37.1 Å². The van der Waals surface area contributed by atoms with Crippen molar-refractivity contribution in [1.82, 2.24) is 0 Å². The van der Waals surface area contributed by atoms with Gasteiger partial charge in [0.1, 0.15) is 17.5 Å². The number of rotatable bonds is 1. The van der Waals surface area contributed by atoms with Crippen molar-refractivity contribution in [3.05, 3.63) is 245 Å². The molecule has 0 aliphatic heterocycles. The number of hydrogen-bond donors (Lipinski definition) is 0. The summed E-state index contributed by atoms with van der Waals surface area (Å²) in [5.74, 6) is -17.6. The van der Waals surface area contributed by atoms with Gasteiger partial charge in [0.2, 0.25) is 5.82 Å². The van der Waals surface area contributed by atoms with Crippen molar-refractivity contribution in [2.75, 3.05) is 0 Å². The van der Waals surface area contributed by atoms with Gasteiger partial charge in [0, 0.05) is 24.1 Å². The maximum atomic E-state index is 12.8. The van der Waals surface area contributed by atoms with E-state index in [1.807, 2.05) is 13.0 Å². The molecule has 0 fully saturated rings. The SMILES string of the molecule is Cc1c(C(F)(F)F)cc(C(F)(F)F)cc1C(F)(F)F.Cc1c(C(F)(F)F)cccc1C(F)(F)F.Cc1c(F)c(F)c(F)c(F)c1F.Cc1cc(C(C)(F)F)cc(C(F)(F)F)c1.Cc1cc(F)cc(F)c1.Cc1ccc(F)c(F)c1F.Cc1cccc(F)c1. The third kappa shape index (κ3) is 24.2. The number of hydrogen-bond acceptors (Lipinski definition) is 0. The molecule has 7 aromatic rings. The summed E-state index contributed by atoms with van der Waals surface area (Å²) in [6.45, 7) is 8.91. The van der Waals surface area contributed by atoms with Gasteiger partial charge in [-0.1, -0.05) is 35.9 Å². The minimum atomic E-state index is -5.30. The van der Waals surface area contributed by atoms with E-state index in [4.69, 9.17) is 0 Å². The van der Waals surface area contributed by atoms with E-state index in [0.29, 0.717) is 37.6 Å². The first kappa shape index (κ1) is 78.4. The molecule has 88 heavy (non-hydrogen) atoms. The zero-order valence-corrected chi connectivity index (χ0v) is 45.5. The summed E-state index contributed by atoms with van der Waals surface area (Å²) in [5, 5.41) is 0. The zero-order valence-electron chi connectivity index (χ0n) is 45.5. The lowest BCUT2D eigenvalue weighted by Gasteiger charge is -2.19. The molecule has 0 unspecified atom stereocenters. The highest BCUT2D eigenvalue weighted by atomic mass is 19.4. The number of aryl methyl sites for hydroxylation is 4. The summed E-state index contributed by atoms with van der Waals surface area (Å²) in [6.07, 6.45) is -30.0. The molecule has 0 N–H and O–H groups in total. The molecule has 0 radical (unpaired) electrons. The standard InChI is InChI=1S/C10H5F9.C10H9F5.C9H6F6.C7H3F5.C7H5F3.C7H6F2.C7H7F/c1-4-6(9(14,15)16)2-5(8(11,12)13)3-7(4)10(17,18)19;1-6-3-7(9(2,11)12)5-8(4-6)10(13,14)15;1-5-6(8(10,11)12)3-2-4-7(5)9(13,14)15;1-2-3(8)5(10)7(12)6(11)4(2)9;1-4-2-3-5(8)7(10)6(4)9;1-5-2-6(8)4-7(9)3-5;1-6-3-2-4-7(8)5-6/h2-3H,1H3;3-5H,1-2H3;2-4H,1H3;1H3;2-3H,1H3;2-4H,1H3;2-5H,1H3. The van der Waals surface area contributed by atoms with Crippen molar-refractivity contribution >= 4 is 0 Å². The Morgan fingerprint density at radius 1 is 0.250 bits per heavy atom. The van der Waals surface area contributed by atoms with Gasteiger partial charge in [-0.05, 0) is 143 Å². The van der Waals surface area contributed by atoms with Gasteiger partial charge in [0.25, 0.3) is 5.92 Å². The summed E-state index contributed by atoms with van der Waals surface area (Å²) in [6, 6.07) is 15.7. The first-order chi connectivity index (χ1) is 39.5. The predicted octanol–water partition coefficient (Wildman–Crippen LogP) is 22.7. The predicted molar refractivity (Wildman–Crippen MR) is 257 cm³/mol. The van der Waals surface area contributed by atoms with Gasteiger partial charge in [-0.2, -0.15) is 79.0 Å². The Balaban J connectivity index is 0.000000522. The molecule has 0 atom stereocenters. The van der Waals surface area contributed by atoms with E-state index in [0.717, 1.165) is 49.7 Å². The molecule has 0 aliphatic carbocycles. The smallest absolute Gasteiger partial charge is 0.207 e. The molecule has 0 aliphatic rings. The molecular formula is C57H41F31. The van der Waals surface area contributed by atoms with Crippen LogP contribution in [0.5, 0.6) is 0 Å². The fraction of sp³-hybridized carbons (Fsp3) is 0.263. The van der Waals surface area contributed by atoms with Crippen LogP contribution in [0, 0.1) is 112 Å². The maximum Gasteiger partial charge on any atom is 0.416 e. The highest BCUT2D eigenvalue weighted by molar-refractivity contribution is 5.43. The Hall–Kier alpha value is -7.63. The zero-order chi connectivity index (χ0) is 69.0. The fourth-order valence-electron chi connectivity index (χ4n) is 6.55. The Labute approximate surface area is 478 Å². The maximum absolute atomic E-state index is 12.8. The first-order valence-electron chi connectivity index (χ1n) is 23.5. The van der Waals surface area contributed by atoms with Crippen molar-refractivity contribution in [3.8, 4) is 0 Å². The van der Waals surface area contributed by atoms with Gasteiger partial charge in [-0.3, -0.25) is 0 Å². The van der Waals surface area contributed by atoms with Crippen LogP contribution in [0.2, 0.25) is 0 Å². The van der Waals surface area contributed by atoms with Crippen LogP contribution in [0.15, 0.2) is 103 Å². The topological polar surface area (TPSA) is 0 Å². The van der Waals surface area contributed by atoms with Crippen LogP contribution in [-0.4, -0.2) is 0 Å². The molecule has 0 aromatic heterocycles. The van der Waals surface area contributed by atoms with Crippen LogP contribution in [0.3, 0.4) is 0 Å². The van der Waals surface area contributed by atoms with E-state index in [1.165, 1.54) is 44.2 Å². The molecule has 0 saturated carbocycles. The molecule has 0 nitrogen and oxygen atoms in total. The Morgan fingerprint density at radius 2 is 0.591 bits per heavy atom. The minimum absolute atomic E-state index is 0.110. The van der Waals surface area contributed by atoms with E-state index in [1.54, 1.807) is 13.0 Å². The summed E-state index contributed by atoms with van der Waals surface area (Å²) in [5.41, 5.74) is -11.2. The van der Waals surface area contributed by atoms with Gasteiger partial charge in [-0.15, -0.1) is 0 Å². The average Bonchev–Trinajstić information content (AvgIpc) is 3.58. The van der Waals surface area contributed by atoms with Crippen molar-refractivity contribution in [2.24, 2.45) is 0 Å². The third-order valence-electron chi connectivity index (χ3n) is 10.8. The fourth-order valence-corrected chi connectivity index (χ4v) is 6.55. The third-order valence-corrected chi connectivity index (χ3v) is 10.8. The molecular weight excluding hydrogens is 1270 g/mol. The second kappa shape index (κ2) is 30.5. The monoisotopic (exact) mass is 1310 g/mol. The van der Waals surface area contributed by atoms with Crippen LogP contribution >= 0.6 is 0 Å². The van der Waals surface area contributed by atoms with E-state index in [-0.39, 0.29) is 29.1 Å². The van der Waals surface area contributed by atoms with Gasteiger partial charge in [0.05, 0.1) is 33.4 Å². The van der Waals surface area contributed by atoms with Gasteiger partial charge in [-0.25, -0.2) is 57.1 Å². The second-order valence-corrected chi connectivity index (χ2v) is 18.1. The second-order valence-electron chi connectivity index (χ2n) is 18.1. The van der Waals surface area contributed by atoms with Crippen LogP contribution < -0.4 is 0 Å². The molecule has 0 heterocycles. The minimum Gasteiger partial charge on any atom is -0.207 e. The Morgan fingerprint density at radius 3 is 0.920 bits per heavy atom. The molecule has 7 aromatic carbocycles. The van der Waals surface area contributed by atoms with Crippen LogP contribution in [0.1, 0.15) is 84.8 Å². The molecule has 0 amide bonds. The number of halogens is 31. The van der Waals surface area contributed by atoms with Crippen LogP contribution in [0.4, 0.5) is 136 Å². The van der Waals surface area contributed by atoms with E-state index < -0.39 is 157 Å². The first-order valence-corrected chi connectivity index (χ1v) is 23.5. The van der Waals surface area contributed by atoms with E-state index in [2.05, 4.69) is 0 Å². The Kier molecular flexibility index (Phi) is 27.2. The molecule has 0 spiro atoms. The largest absolute Gasteiger partial charge is 0.416 e. The summed E-state index contributed by atoms with van der Waals surface area (Å²) < 4.78 is 383. The molecule has 0 saturated heterocycles. The number of benzene rings is 7. The average molecular weight is 1310 g/mol. The highest BCUT2D eigenvalue weighted by Gasteiger charge is 2.44. The summed E-state index contributed by atoms with van der Waals surface area (Å²) in [7, 11) is 0. The van der Waals surface area contributed by atoms with E-state index in [9.17, 15) is 136 Å². The van der Waals surface area contributed by atoms with Crippen LogP contribution in [-0.2, 0) is 43.0 Å². The highest BCUT2D eigenvalue weighted by Crippen LogP contribution is 2.44. The van der Waals surface area contributed by atoms with Crippen molar-refractivity contribution < 1.29 is 136 Å². The normalized spacial score (nSPS) is 11.8. The van der Waals surface area contributed by atoms with Crippen molar-refractivity contribution in [1.29, 1.82) is 0 Å². The summed E-state index contributed by atoms with van der Waals surface area (Å²) >= 11 is 0. The molecule has 31 heteroatoms. The van der Waals surface area contributed by atoms with Crippen LogP contribution in [0.25, 0.3) is 0 Å². The van der Waals surface area contributed by atoms with E-state index >= 15 is 0 Å². The van der Waals surface area contributed by atoms with Gasteiger partial charge in [0.15, 0.2) is 40.7 Å². The van der Waals surface area contributed by atoms with Gasteiger partial charge < -0.3 is 0 Å². The summed E-state index contributed by atoms with van der Waals surface area (Å²) in [4.78, 5) is 0. The Bertz CT molecular complexity index is 3140. The van der Waals surface area contributed by atoms with Crippen molar-refractivity contribution in [3.63, 3.8) is 0 Å². The van der Waals surface area contributed by atoms with Crippen molar-refractivity contribution in [2.45, 2.75) is 98.4 Å². The lowest BCUT2D eigenvalue weighted by Crippen LogP contribution is -2.18. The number of alkyl halides is 20. The molecule has 486 valence electrons. The quantitative estimate of drug-likeness (QED) is 0.0873. The lowest BCUT2D eigenvalue weighted by molar-refractivity contribution is -0.149. The molecule has 0 bridgehead atoms. The molecule has 7 rings (SSSR count). The lowest BCUT2D eigenvalue weighted by atomic mass is 9.97.